The standard InChI is InChI=1S/C23H28N4O/c1-18(2)27-13-9-20-21(4-3-5-22(20)27)23(28)26-16-14-25(15-17-26)12-8-19-6-10-24-11-7-19/h3-7,9-11,13,18H,8,12,14-17H2,1-2H3. The average Bonchev–Trinajstić information content (AvgIpc) is 3.17. The van der Waals surface area contributed by atoms with Gasteiger partial charge in [0.05, 0.1) is 0 Å². The van der Waals surface area contributed by atoms with Gasteiger partial charge in [-0.25, -0.2) is 0 Å². The predicted octanol–water partition coefficient (Wildman–Crippen LogP) is 3.62. The van der Waals surface area contributed by atoms with Gasteiger partial charge in [-0.3, -0.25) is 14.7 Å². The fraction of sp³-hybridized carbons (Fsp3) is 0.391. The third-order valence-electron chi connectivity index (χ3n) is 5.68. The third kappa shape index (κ3) is 3.80. The maximum atomic E-state index is 13.2. The molecule has 0 unspecified atom stereocenters. The Balaban J connectivity index is 1.40. The minimum absolute atomic E-state index is 0.154. The number of aromatic nitrogens is 2. The number of hydrogen-bond acceptors (Lipinski definition) is 3. The van der Waals surface area contributed by atoms with E-state index in [1.807, 2.05) is 29.4 Å². The number of rotatable bonds is 5. The topological polar surface area (TPSA) is 41.4 Å². The molecule has 3 heterocycles. The van der Waals surface area contributed by atoms with E-state index in [0.717, 1.165) is 55.6 Å². The van der Waals surface area contributed by atoms with Crippen molar-refractivity contribution in [2.75, 3.05) is 32.7 Å². The van der Waals surface area contributed by atoms with Crippen LogP contribution in [0.4, 0.5) is 0 Å². The van der Waals surface area contributed by atoms with Gasteiger partial charge in [-0.2, -0.15) is 0 Å². The number of benzene rings is 1. The van der Waals surface area contributed by atoms with E-state index in [2.05, 4.69) is 58.8 Å². The van der Waals surface area contributed by atoms with Crippen LogP contribution in [0.3, 0.4) is 0 Å². The van der Waals surface area contributed by atoms with Gasteiger partial charge in [-0.05, 0) is 56.2 Å². The van der Waals surface area contributed by atoms with E-state index in [4.69, 9.17) is 0 Å². The van der Waals surface area contributed by atoms with Crippen LogP contribution in [0.2, 0.25) is 0 Å². The van der Waals surface area contributed by atoms with Crippen LogP contribution in [-0.2, 0) is 6.42 Å². The predicted molar refractivity (Wildman–Crippen MR) is 113 cm³/mol. The minimum Gasteiger partial charge on any atom is -0.345 e. The Morgan fingerprint density at radius 1 is 1.04 bits per heavy atom. The number of nitrogens with zero attached hydrogens (tertiary/aromatic N) is 4. The first-order valence-electron chi connectivity index (χ1n) is 10.1. The molecule has 0 saturated carbocycles. The van der Waals surface area contributed by atoms with Crippen molar-refractivity contribution in [3.8, 4) is 0 Å². The van der Waals surface area contributed by atoms with Crippen molar-refractivity contribution in [2.45, 2.75) is 26.3 Å². The molecule has 3 aromatic rings. The molecule has 0 radical (unpaired) electrons. The number of hydrogen-bond donors (Lipinski definition) is 0. The number of carbonyl (C=O) groups excluding carboxylic acids is 1. The second kappa shape index (κ2) is 8.15. The van der Waals surface area contributed by atoms with Gasteiger partial charge in [-0.15, -0.1) is 0 Å². The van der Waals surface area contributed by atoms with Crippen LogP contribution >= 0.6 is 0 Å². The first kappa shape index (κ1) is 18.7. The van der Waals surface area contributed by atoms with Gasteiger partial charge in [0.2, 0.25) is 0 Å². The van der Waals surface area contributed by atoms with Crippen LogP contribution in [0.25, 0.3) is 10.9 Å². The highest BCUT2D eigenvalue weighted by atomic mass is 16.2. The second-order valence-electron chi connectivity index (χ2n) is 7.79. The van der Waals surface area contributed by atoms with Crippen molar-refractivity contribution >= 4 is 16.8 Å². The lowest BCUT2D eigenvalue weighted by molar-refractivity contribution is 0.0640. The summed E-state index contributed by atoms with van der Waals surface area (Å²) in [7, 11) is 0. The molecule has 28 heavy (non-hydrogen) atoms. The summed E-state index contributed by atoms with van der Waals surface area (Å²) < 4.78 is 2.23. The van der Waals surface area contributed by atoms with Gasteiger partial charge in [0.1, 0.15) is 0 Å². The molecule has 1 saturated heterocycles. The number of amides is 1. The molecule has 1 aliphatic heterocycles. The molecule has 0 spiro atoms. The van der Waals surface area contributed by atoms with Crippen LogP contribution in [0.1, 0.15) is 35.8 Å². The molecule has 4 rings (SSSR count). The quantitative estimate of drug-likeness (QED) is 0.683. The normalized spacial score (nSPS) is 15.5. The van der Waals surface area contributed by atoms with Crippen molar-refractivity contribution in [3.63, 3.8) is 0 Å². The lowest BCUT2D eigenvalue weighted by Crippen LogP contribution is -2.49. The van der Waals surface area contributed by atoms with Crippen LogP contribution < -0.4 is 0 Å². The molecule has 2 aromatic heterocycles. The van der Waals surface area contributed by atoms with Crippen molar-refractivity contribution < 1.29 is 4.79 Å². The maximum Gasteiger partial charge on any atom is 0.254 e. The first-order valence-corrected chi connectivity index (χ1v) is 10.1. The van der Waals surface area contributed by atoms with Gasteiger partial charge in [0, 0.05) is 73.8 Å². The molecule has 5 heteroatoms. The molecule has 1 amide bonds. The lowest BCUT2D eigenvalue weighted by Gasteiger charge is -2.35. The Labute approximate surface area is 166 Å². The molecular weight excluding hydrogens is 348 g/mol. The van der Waals surface area contributed by atoms with Crippen molar-refractivity contribution in [1.82, 2.24) is 19.4 Å². The summed E-state index contributed by atoms with van der Waals surface area (Å²) in [6, 6.07) is 12.7. The van der Waals surface area contributed by atoms with Crippen LogP contribution in [0.5, 0.6) is 0 Å². The highest BCUT2D eigenvalue weighted by molar-refractivity contribution is 6.06. The number of fused-ring (bicyclic) bond motifs is 1. The molecule has 1 aliphatic rings. The number of pyridine rings is 1. The van der Waals surface area contributed by atoms with E-state index in [9.17, 15) is 4.79 Å². The van der Waals surface area contributed by atoms with E-state index >= 15 is 0 Å². The molecular formula is C23H28N4O. The summed E-state index contributed by atoms with van der Waals surface area (Å²) >= 11 is 0. The molecule has 0 atom stereocenters. The summed E-state index contributed by atoms with van der Waals surface area (Å²) in [5, 5.41) is 1.06. The monoisotopic (exact) mass is 376 g/mol. The Morgan fingerprint density at radius 3 is 2.50 bits per heavy atom. The van der Waals surface area contributed by atoms with E-state index in [1.165, 1.54) is 5.56 Å². The van der Waals surface area contributed by atoms with Crippen molar-refractivity contribution in [1.29, 1.82) is 0 Å². The Hall–Kier alpha value is -2.66. The fourth-order valence-corrected chi connectivity index (χ4v) is 4.01. The van der Waals surface area contributed by atoms with E-state index in [1.54, 1.807) is 0 Å². The van der Waals surface area contributed by atoms with Crippen molar-refractivity contribution in [2.24, 2.45) is 0 Å². The van der Waals surface area contributed by atoms with Gasteiger partial charge < -0.3 is 9.47 Å². The Morgan fingerprint density at radius 2 is 1.79 bits per heavy atom. The lowest BCUT2D eigenvalue weighted by atomic mass is 10.1. The zero-order chi connectivity index (χ0) is 19.5. The van der Waals surface area contributed by atoms with E-state index in [-0.39, 0.29) is 5.91 Å². The zero-order valence-corrected chi connectivity index (χ0v) is 16.7. The van der Waals surface area contributed by atoms with Gasteiger partial charge >= 0.3 is 0 Å². The molecule has 1 fully saturated rings. The highest BCUT2D eigenvalue weighted by Crippen LogP contribution is 2.24. The summed E-state index contributed by atoms with van der Waals surface area (Å²) in [4.78, 5) is 21.7. The van der Waals surface area contributed by atoms with E-state index < -0.39 is 0 Å². The summed E-state index contributed by atoms with van der Waals surface area (Å²) in [5.74, 6) is 0.154. The van der Waals surface area contributed by atoms with Crippen LogP contribution in [0, 0.1) is 0 Å². The SMILES string of the molecule is CC(C)n1ccc2c(C(=O)N3CCN(CCc4ccncc4)CC3)cccc21. The molecule has 0 N–H and O–H groups in total. The largest absolute Gasteiger partial charge is 0.345 e. The smallest absolute Gasteiger partial charge is 0.254 e. The van der Waals surface area contributed by atoms with E-state index in [0.29, 0.717) is 6.04 Å². The third-order valence-corrected chi connectivity index (χ3v) is 5.68. The molecule has 1 aromatic carbocycles. The summed E-state index contributed by atoms with van der Waals surface area (Å²) in [5.41, 5.74) is 3.27. The highest BCUT2D eigenvalue weighted by Gasteiger charge is 2.23. The summed E-state index contributed by atoms with van der Waals surface area (Å²) in [6.07, 6.45) is 6.81. The Bertz CT molecular complexity index is 940. The molecule has 0 bridgehead atoms. The van der Waals surface area contributed by atoms with Crippen LogP contribution in [0.15, 0.2) is 55.0 Å². The second-order valence-corrected chi connectivity index (χ2v) is 7.79. The molecule has 146 valence electrons. The summed E-state index contributed by atoms with van der Waals surface area (Å²) in [6.45, 7) is 8.80. The number of piperazine rings is 1. The molecule has 0 aliphatic carbocycles. The minimum atomic E-state index is 0.154. The zero-order valence-electron chi connectivity index (χ0n) is 16.7. The maximum absolute atomic E-state index is 13.2. The van der Waals surface area contributed by atoms with Crippen molar-refractivity contribution in [3.05, 3.63) is 66.1 Å². The van der Waals surface area contributed by atoms with Gasteiger partial charge in [-0.1, -0.05) is 6.07 Å². The van der Waals surface area contributed by atoms with Gasteiger partial charge in [0.15, 0.2) is 0 Å². The first-order chi connectivity index (χ1) is 13.6. The molecule has 5 nitrogen and oxygen atoms in total. The number of carbonyl (C=O) groups is 1. The average molecular weight is 377 g/mol. The fourth-order valence-electron chi connectivity index (χ4n) is 4.01. The van der Waals surface area contributed by atoms with Crippen LogP contribution in [-0.4, -0.2) is 58.0 Å². The Kier molecular flexibility index (Phi) is 5.44. The van der Waals surface area contributed by atoms with Gasteiger partial charge in [0.25, 0.3) is 5.91 Å².